The van der Waals surface area contributed by atoms with Gasteiger partial charge in [-0.1, -0.05) is 12.1 Å². The zero-order valence-corrected chi connectivity index (χ0v) is 11.1. The smallest absolute Gasteiger partial charge is 0.397 e. The Morgan fingerprint density at radius 3 is 2.33 bits per heavy atom. The molecule has 0 spiro atoms. The van der Waals surface area contributed by atoms with Gasteiger partial charge in [-0.25, -0.2) is 0 Å². The number of nitrogens with two attached hydrogens (primary N) is 1. The van der Waals surface area contributed by atoms with E-state index in [0.29, 0.717) is 16.8 Å². The van der Waals surface area contributed by atoms with Crippen molar-refractivity contribution < 1.29 is 13.2 Å². The number of rotatable bonds is 1. The molecule has 3 nitrogen and oxygen atoms in total. The van der Waals surface area contributed by atoms with Gasteiger partial charge < -0.3 is 5.73 Å². The second-order valence-corrected chi connectivity index (χ2v) is 4.88. The Bertz CT molecular complexity index is 801. The molecule has 0 saturated carbocycles. The standard InChI is InChI=1S/C15H12F3N3/c1-21-8-11-6-10(7-13(19)14(11)20-21)9-2-4-12(5-3-9)15(16,17)18/h2-8H,19H2,1H3. The highest BCUT2D eigenvalue weighted by atomic mass is 19.4. The molecule has 2 N–H and O–H groups in total. The molecule has 6 heteroatoms. The average Bonchev–Trinajstić information content (AvgIpc) is 2.79. The van der Waals surface area contributed by atoms with Crippen LogP contribution in [0.1, 0.15) is 5.56 Å². The van der Waals surface area contributed by atoms with Crippen molar-refractivity contribution in [3.8, 4) is 11.1 Å². The quantitative estimate of drug-likeness (QED) is 0.692. The highest BCUT2D eigenvalue weighted by Gasteiger charge is 2.29. The molecule has 0 aliphatic rings. The minimum absolute atomic E-state index is 0.503. The van der Waals surface area contributed by atoms with Crippen LogP contribution in [0.2, 0.25) is 0 Å². The van der Waals surface area contributed by atoms with Gasteiger partial charge in [-0.15, -0.1) is 0 Å². The monoisotopic (exact) mass is 291 g/mol. The van der Waals surface area contributed by atoms with Crippen molar-refractivity contribution in [2.45, 2.75) is 6.18 Å². The van der Waals surface area contributed by atoms with Crippen LogP contribution >= 0.6 is 0 Å². The summed E-state index contributed by atoms with van der Waals surface area (Å²) in [4.78, 5) is 0. The molecule has 0 aliphatic carbocycles. The minimum Gasteiger partial charge on any atom is -0.397 e. The molecule has 0 unspecified atom stereocenters. The first-order chi connectivity index (χ1) is 9.84. The van der Waals surface area contributed by atoms with Gasteiger partial charge in [0.2, 0.25) is 0 Å². The summed E-state index contributed by atoms with van der Waals surface area (Å²) in [6.45, 7) is 0. The van der Waals surface area contributed by atoms with Crippen LogP contribution in [0.3, 0.4) is 0 Å². The molecule has 0 bridgehead atoms. The van der Waals surface area contributed by atoms with Gasteiger partial charge in [-0.3, -0.25) is 4.68 Å². The molecule has 0 atom stereocenters. The normalized spacial score (nSPS) is 12.0. The summed E-state index contributed by atoms with van der Waals surface area (Å²) in [6.07, 6.45) is -2.51. The molecule has 3 aromatic rings. The molecule has 0 fully saturated rings. The summed E-state index contributed by atoms with van der Waals surface area (Å²) in [5, 5.41) is 5.09. The number of halogens is 3. The van der Waals surface area contributed by atoms with Gasteiger partial charge in [-0.05, 0) is 35.4 Å². The number of fused-ring (bicyclic) bond motifs is 1. The number of aryl methyl sites for hydroxylation is 1. The number of alkyl halides is 3. The number of aromatic nitrogens is 2. The zero-order chi connectivity index (χ0) is 15.2. The molecule has 1 heterocycles. The third-order valence-electron chi connectivity index (χ3n) is 3.30. The van der Waals surface area contributed by atoms with Crippen LogP contribution in [0.15, 0.2) is 42.6 Å². The van der Waals surface area contributed by atoms with Gasteiger partial charge in [0.15, 0.2) is 0 Å². The van der Waals surface area contributed by atoms with Crippen LogP contribution in [0, 0.1) is 0 Å². The Balaban J connectivity index is 2.08. The van der Waals surface area contributed by atoms with Crippen LogP contribution in [0.4, 0.5) is 18.9 Å². The third-order valence-corrected chi connectivity index (χ3v) is 3.30. The average molecular weight is 291 g/mol. The van der Waals surface area contributed by atoms with Crippen molar-refractivity contribution in [2.75, 3.05) is 5.73 Å². The van der Waals surface area contributed by atoms with Crippen molar-refractivity contribution in [1.29, 1.82) is 0 Å². The lowest BCUT2D eigenvalue weighted by molar-refractivity contribution is -0.137. The van der Waals surface area contributed by atoms with Crippen LogP contribution in [-0.2, 0) is 13.2 Å². The number of hydrogen-bond acceptors (Lipinski definition) is 2. The maximum absolute atomic E-state index is 12.6. The van der Waals surface area contributed by atoms with Crippen molar-refractivity contribution >= 4 is 16.6 Å². The Morgan fingerprint density at radius 1 is 1.05 bits per heavy atom. The van der Waals surface area contributed by atoms with E-state index in [2.05, 4.69) is 5.10 Å². The second kappa shape index (κ2) is 4.51. The summed E-state index contributed by atoms with van der Waals surface area (Å²) < 4.78 is 39.3. The van der Waals surface area contributed by atoms with Crippen LogP contribution < -0.4 is 5.73 Å². The Kier molecular flexibility index (Phi) is 2.90. The molecule has 3 rings (SSSR count). The molecule has 0 aliphatic heterocycles. The molecule has 0 saturated heterocycles. The number of nitrogens with zero attached hydrogens (tertiary/aromatic N) is 2. The molecular formula is C15H12F3N3. The van der Waals surface area contributed by atoms with E-state index in [9.17, 15) is 13.2 Å². The fourth-order valence-corrected chi connectivity index (χ4v) is 2.30. The van der Waals surface area contributed by atoms with Gasteiger partial charge >= 0.3 is 6.18 Å². The summed E-state index contributed by atoms with van der Waals surface area (Å²) in [5.41, 5.74) is 7.92. The van der Waals surface area contributed by atoms with Crippen molar-refractivity contribution in [2.24, 2.45) is 7.05 Å². The van der Waals surface area contributed by atoms with Gasteiger partial charge in [0.1, 0.15) is 5.52 Å². The lowest BCUT2D eigenvalue weighted by atomic mass is 10.0. The summed E-state index contributed by atoms with van der Waals surface area (Å²) in [6, 6.07) is 8.61. The summed E-state index contributed by atoms with van der Waals surface area (Å²) in [7, 11) is 1.79. The number of anilines is 1. The Labute approximate surface area is 118 Å². The third kappa shape index (κ3) is 2.44. The fraction of sp³-hybridized carbons (Fsp3) is 0.133. The second-order valence-electron chi connectivity index (χ2n) is 4.88. The van der Waals surface area contributed by atoms with Gasteiger partial charge in [-0.2, -0.15) is 18.3 Å². The first kappa shape index (κ1) is 13.5. The fourth-order valence-electron chi connectivity index (χ4n) is 2.30. The van der Waals surface area contributed by atoms with E-state index in [4.69, 9.17) is 5.73 Å². The van der Waals surface area contributed by atoms with Crippen LogP contribution in [-0.4, -0.2) is 9.78 Å². The van der Waals surface area contributed by atoms with E-state index in [1.54, 1.807) is 17.8 Å². The van der Waals surface area contributed by atoms with Crippen molar-refractivity contribution in [3.63, 3.8) is 0 Å². The maximum Gasteiger partial charge on any atom is 0.416 e. The summed E-state index contributed by atoms with van der Waals surface area (Å²) in [5.74, 6) is 0. The van der Waals surface area contributed by atoms with Crippen LogP contribution in [0.25, 0.3) is 22.0 Å². The number of nitrogen functional groups attached to an aromatic ring is 1. The van der Waals surface area contributed by atoms with Crippen molar-refractivity contribution in [1.82, 2.24) is 9.78 Å². The molecular weight excluding hydrogens is 279 g/mol. The van der Waals surface area contributed by atoms with Gasteiger partial charge in [0.25, 0.3) is 0 Å². The molecule has 108 valence electrons. The highest BCUT2D eigenvalue weighted by Crippen LogP contribution is 2.32. The lowest BCUT2D eigenvalue weighted by Crippen LogP contribution is -2.04. The van der Waals surface area contributed by atoms with E-state index >= 15 is 0 Å². The number of benzene rings is 2. The van der Waals surface area contributed by atoms with Gasteiger partial charge in [0, 0.05) is 18.6 Å². The van der Waals surface area contributed by atoms with E-state index in [1.807, 2.05) is 12.3 Å². The Hall–Kier alpha value is -2.50. The SMILES string of the molecule is Cn1cc2cc(-c3ccc(C(F)(F)F)cc3)cc(N)c2n1. The molecule has 2 aromatic carbocycles. The maximum atomic E-state index is 12.6. The predicted molar refractivity (Wildman–Crippen MR) is 75.6 cm³/mol. The highest BCUT2D eigenvalue weighted by molar-refractivity contribution is 5.93. The van der Waals surface area contributed by atoms with E-state index in [-0.39, 0.29) is 0 Å². The topological polar surface area (TPSA) is 43.8 Å². The largest absolute Gasteiger partial charge is 0.416 e. The summed E-state index contributed by atoms with van der Waals surface area (Å²) >= 11 is 0. The molecule has 21 heavy (non-hydrogen) atoms. The Morgan fingerprint density at radius 2 is 1.71 bits per heavy atom. The zero-order valence-electron chi connectivity index (χ0n) is 11.1. The molecule has 1 aromatic heterocycles. The molecule has 0 amide bonds. The number of hydrogen-bond donors (Lipinski definition) is 1. The first-order valence-corrected chi connectivity index (χ1v) is 6.25. The van der Waals surface area contributed by atoms with Gasteiger partial charge in [0.05, 0.1) is 11.3 Å². The lowest BCUT2D eigenvalue weighted by Gasteiger charge is -2.08. The minimum atomic E-state index is -4.33. The van der Waals surface area contributed by atoms with E-state index in [1.165, 1.54) is 12.1 Å². The molecule has 0 radical (unpaired) electrons. The predicted octanol–water partition coefficient (Wildman–Crippen LogP) is 3.84. The van der Waals surface area contributed by atoms with Crippen LogP contribution in [0.5, 0.6) is 0 Å². The first-order valence-electron chi connectivity index (χ1n) is 6.25. The van der Waals surface area contributed by atoms with E-state index < -0.39 is 11.7 Å². The van der Waals surface area contributed by atoms with Crippen molar-refractivity contribution in [3.05, 3.63) is 48.2 Å². The van der Waals surface area contributed by atoms with E-state index in [0.717, 1.165) is 23.1 Å².